The van der Waals surface area contributed by atoms with E-state index in [2.05, 4.69) is 0 Å². The van der Waals surface area contributed by atoms with Gasteiger partial charge in [-0.1, -0.05) is 18.2 Å². The molecule has 0 aliphatic carbocycles. The van der Waals surface area contributed by atoms with Crippen LogP contribution in [0, 0.1) is 6.92 Å². The highest BCUT2D eigenvalue weighted by Crippen LogP contribution is 2.41. The number of hydrogen-bond donors (Lipinski definition) is 2. The maximum Gasteiger partial charge on any atom is 0.295 e. The number of carbonyl (C=O) groups is 2. The summed E-state index contributed by atoms with van der Waals surface area (Å²) in [6.07, 6.45) is 0. The number of aliphatic hydroxyl groups excluding tert-OH is 1. The summed E-state index contributed by atoms with van der Waals surface area (Å²) in [6.45, 7) is 2.05. The number of nitrogens with zero attached hydrogens (tertiary/aromatic N) is 1. The summed E-state index contributed by atoms with van der Waals surface area (Å²) in [5, 5.41) is 23.0. The molecule has 158 valence electrons. The molecular formula is C24H21NO5S. The zero-order chi connectivity index (χ0) is 22.1. The van der Waals surface area contributed by atoms with Crippen molar-refractivity contribution in [2.24, 2.45) is 0 Å². The summed E-state index contributed by atoms with van der Waals surface area (Å²) in [5.74, 6) is -1.03. The lowest BCUT2D eigenvalue weighted by molar-refractivity contribution is -0.140. The molecule has 2 N–H and O–H groups in total. The molecule has 0 bridgehead atoms. The van der Waals surface area contributed by atoms with Gasteiger partial charge in [-0.05, 0) is 59.8 Å². The van der Waals surface area contributed by atoms with Crippen molar-refractivity contribution in [2.75, 3.05) is 7.11 Å². The van der Waals surface area contributed by atoms with Gasteiger partial charge in [0.25, 0.3) is 11.7 Å². The molecule has 1 aliphatic heterocycles. The second-order valence-electron chi connectivity index (χ2n) is 7.29. The van der Waals surface area contributed by atoms with Crippen LogP contribution in [0.3, 0.4) is 0 Å². The number of likely N-dealkylation sites (tertiary alicyclic amines) is 1. The smallest absolute Gasteiger partial charge is 0.295 e. The fourth-order valence-electron chi connectivity index (χ4n) is 3.84. The van der Waals surface area contributed by atoms with Gasteiger partial charge in [0.1, 0.15) is 17.3 Å². The number of phenolic OH excluding ortho intramolecular Hbond substituents is 1. The first-order valence-corrected chi connectivity index (χ1v) is 10.5. The second-order valence-corrected chi connectivity index (χ2v) is 8.32. The lowest BCUT2D eigenvalue weighted by atomic mass is 9.94. The number of benzene rings is 2. The third-order valence-electron chi connectivity index (χ3n) is 5.30. The Hall–Kier alpha value is -3.58. The zero-order valence-corrected chi connectivity index (χ0v) is 17.8. The Morgan fingerprint density at radius 2 is 1.94 bits per heavy atom. The number of aliphatic hydroxyl groups is 1. The number of amides is 1. The average Bonchev–Trinajstić information content (AvgIpc) is 3.35. The molecule has 1 aromatic heterocycles. The number of Topliss-reactive ketones (excluding diaryl/α,β-unsaturated/α-hetero) is 1. The molecule has 0 spiro atoms. The van der Waals surface area contributed by atoms with Crippen LogP contribution in [0.15, 0.2) is 65.6 Å². The minimum atomic E-state index is -0.823. The molecule has 1 aliphatic rings. The number of thiophene rings is 1. The first kappa shape index (κ1) is 20.7. The molecule has 1 saturated heterocycles. The van der Waals surface area contributed by atoms with Crippen LogP contribution in [-0.2, 0) is 16.1 Å². The van der Waals surface area contributed by atoms with Gasteiger partial charge in [0.05, 0.1) is 25.3 Å². The molecule has 2 heterocycles. The van der Waals surface area contributed by atoms with E-state index in [-0.39, 0.29) is 23.6 Å². The number of ether oxygens (including phenoxy) is 1. The van der Waals surface area contributed by atoms with Gasteiger partial charge in [-0.15, -0.1) is 11.3 Å². The van der Waals surface area contributed by atoms with Gasteiger partial charge < -0.3 is 19.8 Å². The molecule has 6 nitrogen and oxygen atoms in total. The molecular weight excluding hydrogens is 414 g/mol. The van der Waals surface area contributed by atoms with Crippen molar-refractivity contribution in [3.05, 3.63) is 87.1 Å². The van der Waals surface area contributed by atoms with Crippen LogP contribution in [0.2, 0.25) is 0 Å². The van der Waals surface area contributed by atoms with E-state index < -0.39 is 17.7 Å². The molecule has 3 aromatic rings. The van der Waals surface area contributed by atoms with Crippen LogP contribution in [-0.4, -0.2) is 33.9 Å². The van der Waals surface area contributed by atoms with Gasteiger partial charge in [-0.2, -0.15) is 0 Å². The quantitative estimate of drug-likeness (QED) is 0.353. The summed E-state index contributed by atoms with van der Waals surface area (Å²) in [7, 11) is 1.56. The maximum atomic E-state index is 13.0. The molecule has 0 saturated carbocycles. The molecule has 1 fully saturated rings. The van der Waals surface area contributed by atoms with Crippen molar-refractivity contribution < 1.29 is 24.5 Å². The number of phenols is 1. The van der Waals surface area contributed by atoms with Gasteiger partial charge in [0, 0.05) is 10.4 Å². The molecule has 0 radical (unpaired) electrons. The third-order valence-corrected chi connectivity index (χ3v) is 6.16. The summed E-state index contributed by atoms with van der Waals surface area (Å²) < 4.78 is 5.27. The normalized spacial score (nSPS) is 17.9. The summed E-state index contributed by atoms with van der Waals surface area (Å²) in [5.41, 5.74) is 1.74. The number of ketones is 1. The van der Waals surface area contributed by atoms with E-state index in [9.17, 15) is 19.8 Å². The maximum absolute atomic E-state index is 13.0. The van der Waals surface area contributed by atoms with E-state index in [1.54, 1.807) is 37.4 Å². The standard InChI is InChI=1S/C24H21NO5S/c1-14-11-16(8-9-19(14)30-2)22(27)20-21(15-5-3-6-17(26)12-15)25(24(29)23(20)28)13-18-7-4-10-31-18/h3-12,21,26-27H,13H2,1-2H3/b22-20-. The predicted molar refractivity (Wildman–Crippen MR) is 118 cm³/mol. The van der Waals surface area contributed by atoms with Crippen molar-refractivity contribution in [1.82, 2.24) is 4.90 Å². The summed E-state index contributed by atoms with van der Waals surface area (Å²) in [4.78, 5) is 28.4. The minimum absolute atomic E-state index is 0.00303. The first-order valence-electron chi connectivity index (χ1n) is 9.65. The average molecular weight is 436 g/mol. The van der Waals surface area contributed by atoms with Crippen LogP contribution < -0.4 is 4.74 Å². The highest BCUT2D eigenvalue weighted by Gasteiger charge is 2.46. The van der Waals surface area contributed by atoms with Gasteiger partial charge in [0.2, 0.25) is 0 Å². The van der Waals surface area contributed by atoms with Crippen LogP contribution >= 0.6 is 11.3 Å². The Bertz CT molecular complexity index is 1180. The van der Waals surface area contributed by atoms with E-state index in [0.717, 1.165) is 10.4 Å². The Kier molecular flexibility index (Phi) is 5.52. The van der Waals surface area contributed by atoms with Gasteiger partial charge in [-0.3, -0.25) is 9.59 Å². The van der Waals surface area contributed by atoms with Crippen molar-refractivity contribution in [1.29, 1.82) is 0 Å². The number of carbonyl (C=O) groups excluding carboxylic acids is 2. The molecule has 1 unspecified atom stereocenters. The van der Waals surface area contributed by atoms with E-state index in [1.807, 2.05) is 24.4 Å². The SMILES string of the molecule is COc1ccc(/C(O)=C2/C(=O)C(=O)N(Cc3cccs3)C2c2cccc(O)c2)cc1C. The van der Waals surface area contributed by atoms with Crippen molar-refractivity contribution >= 4 is 28.8 Å². The first-order chi connectivity index (χ1) is 14.9. The van der Waals surface area contributed by atoms with E-state index in [1.165, 1.54) is 28.4 Å². The summed E-state index contributed by atoms with van der Waals surface area (Å²) >= 11 is 1.48. The van der Waals surface area contributed by atoms with E-state index >= 15 is 0 Å². The molecule has 31 heavy (non-hydrogen) atoms. The number of aryl methyl sites for hydroxylation is 1. The molecule has 4 rings (SSSR count). The fraction of sp³-hybridized carbons (Fsp3) is 0.167. The fourth-order valence-corrected chi connectivity index (χ4v) is 4.54. The Balaban J connectivity index is 1.87. The monoisotopic (exact) mass is 435 g/mol. The van der Waals surface area contributed by atoms with Gasteiger partial charge in [0.15, 0.2) is 0 Å². The summed E-state index contributed by atoms with van der Waals surface area (Å²) in [6, 6.07) is 14.4. The van der Waals surface area contributed by atoms with E-state index in [0.29, 0.717) is 16.9 Å². The molecule has 1 amide bonds. The second kappa shape index (κ2) is 8.28. The van der Waals surface area contributed by atoms with Gasteiger partial charge in [-0.25, -0.2) is 0 Å². The van der Waals surface area contributed by atoms with Gasteiger partial charge >= 0.3 is 0 Å². The van der Waals surface area contributed by atoms with Crippen LogP contribution in [0.4, 0.5) is 0 Å². The Morgan fingerprint density at radius 1 is 1.13 bits per heavy atom. The zero-order valence-electron chi connectivity index (χ0n) is 17.0. The third kappa shape index (κ3) is 3.80. The van der Waals surface area contributed by atoms with Crippen LogP contribution in [0.25, 0.3) is 5.76 Å². The van der Waals surface area contributed by atoms with Crippen molar-refractivity contribution in [2.45, 2.75) is 19.5 Å². The number of aromatic hydroxyl groups is 1. The number of hydrogen-bond acceptors (Lipinski definition) is 6. The predicted octanol–water partition coefficient (Wildman–Crippen LogP) is 4.39. The molecule has 7 heteroatoms. The topological polar surface area (TPSA) is 87.1 Å². The largest absolute Gasteiger partial charge is 0.508 e. The lowest BCUT2D eigenvalue weighted by Gasteiger charge is -2.25. The highest BCUT2D eigenvalue weighted by molar-refractivity contribution is 7.09. The number of rotatable bonds is 5. The molecule has 2 aromatic carbocycles. The van der Waals surface area contributed by atoms with Crippen LogP contribution in [0.5, 0.6) is 11.5 Å². The number of methoxy groups -OCH3 is 1. The molecule has 1 atom stereocenters. The highest BCUT2D eigenvalue weighted by atomic mass is 32.1. The van der Waals surface area contributed by atoms with E-state index in [4.69, 9.17) is 4.74 Å². The Labute approximate surface area is 183 Å². The van der Waals surface area contributed by atoms with Crippen LogP contribution in [0.1, 0.15) is 27.6 Å². The van der Waals surface area contributed by atoms with Crippen molar-refractivity contribution in [3.8, 4) is 11.5 Å². The lowest BCUT2D eigenvalue weighted by Crippen LogP contribution is -2.28. The minimum Gasteiger partial charge on any atom is -0.508 e. The Morgan fingerprint density at radius 3 is 2.58 bits per heavy atom. The van der Waals surface area contributed by atoms with Crippen molar-refractivity contribution in [3.63, 3.8) is 0 Å².